The predicted molar refractivity (Wildman–Crippen MR) is 104 cm³/mol. The van der Waals surface area contributed by atoms with Crippen molar-refractivity contribution in [3.63, 3.8) is 0 Å². The van der Waals surface area contributed by atoms with E-state index in [9.17, 15) is 19.8 Å². The first-order valence-electron chi connectivity index (χ1n) is 9.35. The van der Waals surface area contributed by atoms with Crippen molar-refractivity contribution in [1.29, 1.82) is 0 Å². The number of benzene rings is 2. The number of morpholine rings is 1. The Hall–Kier alpha value is -3.10. The number of amides is 1. The van der Waals surface area contributed by atoms with E-state index in [0.717, 1.165) is 50.0 Å². The van der Waals surface area contributed by atoms with Crippen LogP contribution in [0.3, 0.4) is 0 Å². The fraction of sp³-hybridized carbons (Fsp3) is 0.333. The number of ether oxygens (including phenoxy) is 2. The van der Waals surface area contributed by atoms with Crippen molar-refractivity contribution in [2.45, 2.75) is 13.1 Å². The summed E-state index contributed by atoms with van der Waals surface area (Å²) in [7, 11) is 0. The van der Waals surface area contributed by atoms with Crippen LogP contribution in [0.4, 0.5) is 0 Å². The number of rotatable bonds is 7. The second-order valence-electron chi connectivity index (χ2n) is 6.71. The Morgan fingerprint density at radius 2 is 1.79 bits per heavy atom. The van der Waals surface area contributed by atoms with E-state index in [-0.39, 0.29) is 11.3 Å². The van der Waals surface area contributed by atoms with Gasteiger partial charge in [-0.15, -0.1) is 0 Å². The molecule has 8 heteroatoms. The van der Waals surface area contributed by atoms with Crippen LogP contribution >= 0.6 is 0 Å². The monoisotopic (exact) mass is 400 g/mol. The molecule has 0 unspecified atom stereocenters. The Morgan fingerprint density at radius 3 is 2.52 bits per heavy atom. The molecule has 1 fully saturated rings. The van der Waals surface area contributed by atoms with Crippen molar-refractivity contribution in [2.24, 2.45) is 0 Å². The van der Waals surface area contributed by atoms with Gasteiger partial charge < -0.3 is 25.0 Å². The summed E-state index contributed by atoms with van der Waals surface area (Å²) in [6, 6.07) is 11.4. The van der Waals surface area contributed by atoms with E-state index in [1.807, 2.05) is 24.3 Å². The van der Waals surface area contributed by atoms with Crippen LogP contribution in [0.15, 0.2) is 42.5 Å². The maximum absolute atomic E-state index is 12.1. The Kier molecular flexibility index (Phi) is 7.04. The zero-order valence-electron chi connectivity index (χ0n) is 16.0. The third-order valence-corrected chi connectivity index (χ3v) is 4.63. The van der Waals surface area contributed by atoms with Gasteiger partial charge in [0.15, 0.2) is 6.61 Å². The number of carbonyl (C=O) groups excluding carboxylic acids is 2. The Morgan fingerprint density at radius 1 is 1.07 bits per heavy atom. The normalized spacial score (nSPS) is 14.3. The van der Waals surface area contributed by atoms with Gasteiger partial charge in [-0.3, -0.25) is 9.69 Å². The molecule has 1 amide bonds. The van der Waals surface area contributed by atoms with Crippen LogP contribution < -0.4 is 5.32 Å². The SMILES string of the molecule is O=C(COC(=O)c1ccc(O)cc1O)NCc1ccccc1CN1CCOCC1. The van der Waals surface area contributed by atoms with Crippen LogP contribution in [0.5, 0.6) is 11.5 Å². The van der Waals surface area contributed by atoms with Gasteiger partial charge >= 0.3 is 5.97 Å². The van der Waals surface area contributed by atoms with Gasteiger partial charge in [-0.2, -0.15) is 0 Å². The molecule has 0 spiro atoms. The highest BCUT2D eigenvalue weighted by atomic mass is 16.5. The van der Waals surface area contributed by atoms with E-state index >= 15 is 0 Å². The second-order valence-corrected chi connectivity index (χ2v) is 6.71. The Balaban J connectivity index is 1.49. The fourth-order valence-corrected chi connectivity index (χ4v) is 3.03. The molecule has 2 aromatic rings. The summed E-state index contributed by atoms with van der Waals surface area (Å²) in [5, 5.41) is 21.7. The smallest absolute Gasteiger partial charge is 0.342 e. The van der Waals surface area contributed by atoms with Crippen LogP contribution in [-0.4, -0.2) is 59.9 Å². The lowest BCUT2D eigenvalue weighted by atomic mass is 10.1. The molecule has 0 atom stereocenters. The highest BCUT2D eigenvalue weighted by Gasteiger charge is 2.16. The molecule has 3 N–H and O–H groups in total. The average Bonchev–Trinajstić information content (AvgIpc) is 2.72. The molecule has 3 rings (SSSR count). The van der Waals surface area contributed by atoms with Gasteiger partial charge in [0, 0.05) is 32.2 Å². The molecule has 154 valence electrons. The van der Waals surface area contributed by atoms with Crippen LogP contribution in [0, 0.1) is 0 Å². The highest BCUT2D eigenvalue weighted by Crippen LogP contribution is 2.23. The van der Waals surface area contributed by atoms with Crippen molar-refractivity contribution in [3.05, 3.63) is 59.2 Å². The first kappa shape index (κ1) is 20.6. The van der Waals surface area contributed by atoms with E-state index in [1.54, 1.807) is 0 Å². The molecule has 2 aromatic carbocycles. The van der Waals surface area contributed by atoms with Gasteiger partial charge in [-0.1, -0.05) is 24.3 Å². The van der Waals surface area contributed by atoms with E-state index in [2.05, 4.69) is 10.2 Å². The van der Waals surface area contributed by atoms with Gasteiger partial charge in [-0.25, -0.2) is 4.79 Å². The predicted octanol–water partition coefficient (Wildman–Crippen LogP) is 1.40. The first-order chi connectivity index (χ1) is 14.0. The van der Waals surface area contributed by atoms with Crippen molar-refractivity contribution in [2.75, 3.05) is 32.9 Å². The molecule has 1 heterocycles. The average molecular weight is 400 g/mol. The number of phenols is 2. The number of nitrogens with zero attached hydrogens (tertiary/aromatic N) is 1. The molecular weight excluding hydrogens is 376 g/mol. The third kappa shape index (κ3) is 5.94. The third-order valence-electron chi connectivity index (χ3n) is 4.63. The van der Waals surface area contributed by atoms with Gasteiger partial charge in [0.1, 0.15) is 17.1 Å². The molecule has 1 saturated heterocycles. The molecule has 0 radical (unpaired) electrons. The number of aromatic hydroxyl groups is 2. The van der Waals surface area contributed by atoms with E-state index in [4.69, 9.17) is 9.47 Å². The lowest BCUT2D eigenvalue weighted by Crippen LogP contribution is -2.36. The molecule has 1 aliphatic heterocycles. The highest BCUT2D eigenvalue weighted by molar-refractivity contribution is 5.94. The van der Waals surface area contributed by atoms with Crippen LogP contribution in [0.25, 0.3) is 0 Å². The summed E-state index contributed by atoms with van der Waals surface area (Å²) in [5.74, 6) is -1.87. The summed E-state index contributed by atoms with van der Waals surface area (Å²) in [4.78, 5) is 26.3. The molecule has 8 nitrogen and oxygen atoms in total. The largest absolute Gasteiger partial charge is 0.508 e. The topological polar surface area (TPSA) is 108 Å². The first-order valence-corrected chi connectivity index (χ1v) is 9.35. The summed E-state index contributed by atoms with van der Waals surface area (Å²) in [6.45, 7) is 3.83. The van der Waals surface area contributed by atoms with Gasteiger partial charge in [0.2, 0.25) is 0 Å². The zero-order chi connectivity index (χ0) is 20.6. The second kappa shape index (κ2) is 9.90. The number of phenolic OH excluding ortho intramolecular Hbond substituents is 2. The maximum Gasteiger partial charge on any atom is 0.342 e. The standard InChI is InChI=1S/C21H24N2O6/c24-17-5-6-18(19(25)11-17)21(27)29-14-20(26)22-12-15-3-1-2-4-16(15)13-23-7-9-28-10-8-23/h1-6,11,24-25H,7-10,12-14H2,(H,22,26). The van der Waals surface area contributed by atoms with Crippen molar-refractivity contribution >= 4 is 11.9 Å². The summed E-state index contributed by atoms with van der Waals surface area (Å²) in [5.41, 5.74) is 2.00. The van der Waals surface area contributed by atoms with E-state index < -0.39 is 24.2 Å². The lowest BCUT2D eigenvalue weighted by molar-refractivity contribution is -0.124. The number of carbonyl (C=O) groups is 2. The zero-order valence-corrected chi connectivity index (χ0v) is 16.0. The van der Waals surface area contributed by atoms with Crippen LogP contribution in [-0.2, 0) is 27.4 Å². The van der Waals surface area contributed by atoms with Crippen LogP contribution in [0.1, 0.15) is 21.5 Å². The van der Waals surface area contributed by atoms with E-state index in [0.29, 0.717) is 6.54 Å². The Labute approximate surface area is 168 Å². The molecular formula is C21H24N2O6. The van der Waals surface area contributed by atoms with Gasteiger partial charge in [0.05, 0.1) is 13.2 Å². The summed E-state index contributed by atoms with van der Waals surface area (Å²) < 4.78 is 10.3. The number of nitrogens with one attached hydrogen (secondary N) is 1. The van der Waals surface area contributed by atoms with Crippen molar-refractivity contribution < 1.29 is 29.3 Å². The quantitative estimate of drug-likeness (QED) is 0.603. The van der Waals surface area contributed by atoms with Gasteiger partial charge in [-0.05, 0) is 23.3 Å². The molecule has 0 bridgehead atoms. The molecule has 0 aliphatic carbocycles. The molecule has 0 aromatic heterocycles. The minimum Gasteiger partial charge on any atom is -0.508 e. The fourth-order valence-electron chi connectivity index (χ4n) is 3.03. The van der Waals surface area contributed by atoms with E-state index in [1.165, 1.54) is 12.1 Å². The van der Waals surface area contributed by atoms with Crippen LogP contribution in [0.2, 0.25) is 0 Å². The summed E-state index contributed by atoms with van der Waals surface area (Å²) in [6.07, 6.45) is 0. The lowest BCUT2D eigenvalue weighted by Gasteiger charge is -2.27. The molecule has 0 saturated carbocycles. The summed E-state index contributed by atoms with van der Waals surface area (Å²) >= 11 is 0. The number of hydrogen-bond acceptors (Lipinski definition) is 7. The minimum atomic E-state index is -0.842. The van der Waals surface area contributed by atoms with Gasteiger partial charge in [0.25, 0.3) is 5.91 Å². The molecule has 1 aliphatic rings. The maximum atomic E-state index is 12.1. The molecule has 29 heavy (non-hydrogen) atoms. The van der Waals surface area contributed by atoms with Crippen molar-refractivity contribution in [3.8, 4) is 11.5 Å². The minimum absolute atomic E-state index is 0.119. The Bertz CT molecular complexity index is 864. The van der Waals surface area contributed by atoms with Crippen molar-refractivity contribution in [1.82, 2.24) is 10.2 Å². The number of hydrogen-bond donors (Lipinski definition) is 3. The number of esters is 1.